The van der Waals surface area contributed by atoms with Crippen LogP contribution in [0, 0.1) is 53.3 Å². The summed E-state index contributed by atoms with van der Waals surface area (Å²) in [7, 11) is -1.96. The molecule has 5 aliphatic carbocycles. The molecule has 6 aliphatic rings. The van der Waals surface area contributed by atoms with Gasteiger partial charge >= 0.3 is 0 Å². The van der Waals surface area contributed by atoms with Crippen LogP contribution in [0.4, 0.5) is 5.69 Å². The van der Waals surface area contributed by atoms with E-state index in [0.717, 1.165) is 107 Å². The SMILES string of the molecule is CC.CC(C)NCCCC(N)=O.CCCC(=C1\CCC2(OC2C)C(CC)C1)/C(=C\C=O)CS.Cc1ccc(N(C)CCOC2CCC3(C)C(CCC4C3CCC3(C)C(C(O)CCC(=O)NCCS(=O)(=O)O)CCC43)C2)cc1. The van der Waals surface area contributed by atoms with Gasteiger partial charge in [-0.25, -0.2) is 0 Å². The maximum Gasteiger partial charge on any atom is 0.266 e. The molecule has 1 spiro atoms. The number of anilines is 1. The molecule has 0 bridgehead atoms. The monoisotopic (exact) mass is 1110 g/mol. The Hall–Kier alpha value is -2.79. The average molecular weight is 1120 g/mol. The third-order valence-corrected chi connectivity index (χ3v) is 20.2. The molecule has 12 atom stereocenters. The number of fused-ring (bicyclic) bond motifs is 5. The summed E-state index contributed by atoms with van der Waals surface area (Å²) in [5.74, 6) is 3.31. The molecule has 1 aliphatic heterocycles. The van der Waals surface area contributed by atoms with E-state index in [1.165, 1.54) is 61.8 Å². The van der Waals surface area contributed by atoms with Crippen LogP contribution in [0.25, 0.3) is 0 Å². The van der Waals surface area contributed by atoms with Gasteiger partial charge in [0.05, 0.1) is 36.3 Å². The standard InChI is InChI=1S/C35H56N2O6S.C18H28O2S.C7H16N2O.C2H6/c1-24-5-8-26(9-6-24)37(4)20-21-43-27-15-17-34(2)25(23-27)7-10-28-29-11-12-31(35(29,3)18-16-30(28)34)32(38)13-14-33(39)36-19-22-44(40,41)42;1-4-6-17(15(12-21)8-10-19)14-7-9-18(13(3)20-18)16(5-2)11-14;1-6(2)9-5-3-4-7(8)10;1-2/h5-6,8-9,25,27-32,38H,7,10-23H2,1-4H3,(H,36,39)(H,40,41,42);8,10,13,16,21H,4-7,9,11-12H2,1-3H3;6,9H,3-5H2,1-2H3,(H2,8,10);1-2H3/b;15-8-,17-14-;;. The molecule has 1 saturated heterocycles. The molecule has 0 radical (unpaired) electrons. The lowest BCUT2D eigenvalue weighted by Gasteiger charge is -2.61. The number of nitrogens with zero attached hydrogens (tertiary/aromatic N) is 1. The summed E-state index contributed by atoms with van der Waals surface area (Å²) in [6, 6.07) is 9.18. The molecule has 5 saturated carbocycles. The minimum absolute atomic E-state index is 0.106. The number of aldehydes is 1. The third-order valence-electron chi connectivity index (χ3n) is 19.2. The summed E-state index contributed by atoms with van der Waals surface area (Å²) in [5.41, 5.74) is 12.1. The zero-order chi connectivity index (χ0) is 57.1. The van der Waals surface area contributed by atoms with E-state index in [2.05, 4.69) is 115 Å². The van der Waals surface area contributed by atoms with Gasteiger partial charge in [0.15, 0.2) is 0 Å². The maximum atomic E-state index is 12.2. The molecule has 1 heterocycles. The van der Waals surface area contributed by atoms with Crippen molar-refractivity contribution in [3.8, 4) is 0 Å². The number of thiol groups is 1. The smallest absolute Gasteiger partial charge is 0.266 e. The number of rotatable bonds is 23. The van der Waals surface area contributed by atoms with Crippen molar-refractivity contribution < 1.29 is 41.9 Å². The number of nitrogens with one attached hydrogen (secondary N) is 2. The predicted molar refractivity (Wildman–Crippen MR) is 318 cm³/mol. The van der Waals surface area contributed by atoms with Gasteiger partial charge in [0.25, 0.3) is 10.1 Å². The highest BCUT2D eigenvalue weighted by Gasteiger charge is 2.61. The lowest BCUT2D eigenvalue weighted by Crippen LogP contribution is -2.54. The van der Waals surface area contributed by atoms with E-state index in [0.29, 0.717) is 54.1 Å². The molecule has 0 aromatic heterocycles. The number of amides is 2. The number of hydrogen-bond donors (Lipinski definition) is 6. The Morgan fingerprint density at radius 3 is 2.25 bits per heavy atom. The van der Waals surface area contributed by atoms with Gasteiger partial charge in [0, 0.05) is 50.5 Å². The molecule has 77 heavy (non-hydrogen) atoms. The van der Waals surface area contributed by atoms with Crippen molar-refractivity contribution in [3.63, 3.8) is 0 Å². The fourth-order valence-corrected chi connectivity index (χ4v) is 15.5. The first-order chi connectivity index (χ1) is 36.5. The minimum atomic E-state index is -4.10. The fourth-order valence-electron chi connectivity index (χ4n) is 14.9. The Morgan fingerprint density at radius 1 is 0.974 bits per heavy atom. The van der Waals surface area contributed by atoms with Crippen molar-refractivity contribution in [2.24, 2.45) is 52.1 Å². The largest absolute Gasteiger partial charge is 0.393 e. The van der Waals surface area contributed by atoms with Crippen molar-refractivity contribution in [3.05, 3.63) is 52.6 Å². The highest BCUT2D eigenvalue weighted by Crippen LogP contribution is 2.68. The number of nitrogens with two attached hydrogens (primary N) is 1. The molecule has 440 valence electrons. The van der Waals surface area contributed by atoms with Crippen LogP contribution in [-0.4, -0.2) is 111 Å². The highest BCUT2D eigenvalue weighted by molar-refractivity contribution is 7.85. The summed E-state index contributed by atoms with van der Waals surface area (Å²) >= 11 is 4.42. The zero-order valence-corrected chi connectivity index (χ0v) is 51.3. The first kappa shape index (κ1) is 66.7. The van der Waals surface area contributed by atoms with Gasteiger partial charge in [-0.05, 0) is 192 Å². The van der Waals surface area contributed by atoms with E-state index in [1.807, 2.05) is 13.8 Å². The number of aliphatic hydroxyl groups is 1. The van der Waals surface area contributed by atoms with Crippen molar-refractivity contribution in [1.82, 2.24) is 10.6 Å². The van der Waals surface area contributed by atoms with Crippen LogP contribution >= 0.6 is 12.6 Å². The van der Waals surface area contributed by atoms with Crippen LogP contribution in [-0.2, 0) is 34.0 Å². The molecular weight excluding hydrogens is 1010 g/mol. The van der Waals surface area contributed by atoms with Gasteiger partial charge in [-0.15, -0.1) is 0 Å². The van der Waals surface area contributed by atoms with Crippen molar-refractivity contribution in [2.75, 3.05) is 49.7 Å². The highest BCUT2D eigenvalue weighted by atomic mass is 32.2. The number of allylic oxidation sites excluding steroid dienone is 3. The molecule has 15 heteroatoms. The van der Waals surface area contributed by atoms with E-state index in [9.17, 15) is 27.9 Å². The molecule has 13 nitrogen and oxygen atoms in total. The molecule has 1 aromatic rings. The minimum Gasteiger partial charge on any atom is -0.393 e. The van der Waals surface area contributed by atoms with Crippen LogP contribution in [0.2, 0.25) is 0 Å². The lowest BCUT2D eigenvalue weighted by atomic mass is 9.44. The van der Waals surface area contributed by atoms with Gasteiger partial charge in [-0.1, -0.05) is 91.5 Å². The second kappa shape index (κ2) is 31.4. The fraction of sp³-hybridized carbons (Fsp3) is 0.790. The number of carbonyl (C=O) groups is 3. The second-order valence-corrected chi connectivity index (χ2v) is 26.1. The topological polar surface area (TPSA) is 201 Å². The van der Waals surface area contributed by atoms with E-state index in [-0.39, 0.29) is 41.7 Å². The number of ether oxygens (including phenoxy) is 2. The number of benzene rings is 1. The number of aliphatic hydroxyl groups excluding tert-OH is 1. The quantitative estimate of drug-likeness (QED) is 0.0152. The van der Waals surface area contributed by atoms with Crippen LogP contribution in [0.5, 0.6) is 0 Å². The zero-order valence-electron chi connectivity index (χ0n) is 49.5. The van der Waals surface area contributed by atoms with Crippen LogP contribution in [0.1, 0.15) is 190 Å². The summed E-state index contributed by atoms with van der Waals surface area (Å²) < 4.78 is 43.1. The maximum absolute atomic E-state index is 12.2. The lowest BCUT2D eigenvalue weighted by molar-refractivity contribution is -0.140. The van der Waals surface area contributed by atoms with Gasteiger partial charge in [0.2, 0.25) is 11.8 Å². The average Bonchev–Trinajstić information content (AvgIpc) is 3.93. The van der Waals surface area contributed by atoms with Crippen LogP contribution in [0.3, 0.4) is 0 Å². The van der Waals surface area contributed by atoms with Gasteiger partial charge in [-0.3, -0.25) is 18.9 Å². The first-order valence-corrected chi connectivity index (χ1v) is 32.2. The van der Waals surface area contributed by atoms with Gasteiger partial charge in [-0.2, -0.15) is 21.0 Å². The molecule has 1 aromatic carbocycles. The van der Waals surface area contributed by atoms with E-state index >= 15 is 0 Å². The molecule has 6 N–H and O–H groups in total. The summed E-state index contributed by atoms with van der Waals surface area (Å²) in [6.07, 6.45) is 22.2. The molecule has 6 fully saturated rings. The van der Waals surface area contributed by atoms with Crippen LogP contribution < -0.4 is 21.3 Å². The number of aryl methyl sites for hydroxylation is 1. The third kappa shape index (κ3) is 18.6. The van der Waals surface area contributed by atoms with E-state index in [1.54, 1.807) is 11.6 Å². The summed E-state index contributed by atoms with van der Waals surface area (Å²) in [5, 5.41) is 17.0. The molecule has 7 rings (SSSR count). The summed E-state index contributed by atoms with van der Waals surface area (Å²) in [4.78, 5) is 35.6. The van der Waals surface area contributed by atoms with Crippen molar-refractivity contribution in [1.29, 1.82) is 0 Å². The Bertz CT molecular complexity index is 2170. The second-order valence-electron chi connectivity index (χ2n) is 24.2. The number of primary amides is 1. The number of likely N-dealkylation sites (N-methyl/N-ethyl adjacent to an activating group) is 1. The Morgan fingerprint density at radius 2 is 1.65 bits per heavy atom. The Labute approximate surface area is 472 Å². The normalized spacial score (nSPS) is 31.3. The summed E-state index contributed by atoms with van der Waals surface area (Å²) in [6.45, 7) is 24.4. The van der Waals surface area contributed by atoms with E-state index in [4.69, 9.17) is 19.8 Å². The predicted octanol–water partition coefficient (Wildman–Crippen LogP) is 11.4. The number of carbonyl (C=O) groups excluding carboxylic acids is 3. The van der Waals surface area contributed by atoms with Crippen molar-refractivity contribution in [2.45, 2.75) is 221 Å². The van der Waals surface area contributed by atoms with Crippen molar-refractivity contribution >= 4 is 46.5 Å². The van der Waals surface area contributed by atoms with Crippen LogP contribution in [0.15, 0.2) is 47.1 Å². The molecular formula is C62H106N4O9S2. The Kier molecular flexibility index (Phi) is 27.2. The van der Waals surface area contributed by atoms with E-state index < -0.39 is 22.0 Å². The molecule has 12 unspecified atom stereocenters. The number of hydrogen-bond acceptors (Lipinski definition) is 11. The Balaban J connectivity index is 0.000000319. The van der Waals surface area contributed by atoms with Gasteiger partial charge < -0.3 is 35.8 Å². The molecule has 2 amide bonds. The number of epoxide rings is 1. The first-order valence-electron chi connectivity index (χ1n) is 30.0. The van der Waals surface area contributed by atoms with Gasteiger partial charge in [0.1, 0.15) is 6.29 Å².